The van der Waals surface area contributed by atoms with Gasteiger partial charge in [0, 0.05) is 39.1 Å². The summed E-state index contributed by atoms with van der Waals surface area (Å²) in [5, 5.41) is 5.78. The van der Waals surface area contributed by atoms with Gasteiger partial charge in [-0.3, -0.25) is 4.90 Å². The highest BCUT2D eigenvalue weighted by Crippen LogP contribution is 2.30. The largest absolute Gasteiger partial charge is 0.497 e. The molecule has 0 unspecified atom stereocenters. The zero-order valence-corrected chi connectivity index (χ0v) is 23.1. The highest BCUT2D eigenvalue weighted by molar-refractivity contribution is 5.91. The summed E-state index contributed by atoms with van der Waals surface area (Å²) in [6, 6.07) is 23.1. The van der Waals surface area contributed by atoms with Crippen molar-refractivity contribution >= 4 is 16.9 Å². The first-order valence-corrected chi connectivity index (χ1v) is 13.6. The minimum atomic E-state index is -0.279. The second-order valence-electron chi connectivity index (χ2n) is 10.4. The Balaban J connectivity index is 1.33. The normalized spacial score (nSPS) is 14.2. The van der Waals surface area contributed by atoms with Crippen LogP contribution in [-0.4, -0.2) is 57.9 Å². The van der Waals surface area contributed by atoms with Crippen LogP contribution in [0.3, 0.4) is 0 Å². The first kappa shape index (κ1) is 26.0. The van der Waals surface area contributed by atoms with Crippen LogP contribution < -0.4 is 9.64 Å². The van der Waals surface area contributed by atoms with E-state index in [0.717, 1.165) is 78.1 Å². The van der Waals surface area contributed by atoms with E-state index in [9.17, 15) is 4.39 Å². The number of anilines is 1. The van der Waals surface area contributed by atoms with Crippen LogP contribution in [0, 0.1) is 19.7 Å². The molecule has 0 atom stereocenters. The second kappa shape index (κ2) is 11.1. The monoisotopic (exact) mass is 536 g/mol. The van der Waals surface area contributed by atoms with Gasteiger partial charge in [-0.15, -0.1) is 0 Å². The number of methoxy groups -OCH3 is 1. The Morgan fingerprint density at radius 1 is 0.850 bits per heavy atom. The molecular formula is C32H33FN6O. The minimum absolute atomic E-state index is 0.279. The van der Waals surface area contributed by atoms with E-state index in [1.165, 1.54) is 23.3 Å². The number of rotatable bonds is 7. The van der Waals surface area contributed by atoms with Gasteiger partial charge in [-0.05, 0) is 61.4 Å². The number of nitrogens with zero attached hydrogens (tertiary/aromatic N) is 6. The Kier molecular flexibility index (Phi) is 7.17. The van der Waals surface area contributed by atoms with Crippen molar-refractivity contribution in [2.45, 2.75) is 26.8 Å². The standard InChI is InChI=1S/C32H33FN6O/c1-22-7-9-24(10-8-22)20-29-34-31(30-23(2)36-39(32(30)35-29)27-13-11-26(33)12-14-27)38-17-15-37(16-18-38)21-25-5-4-6-28(19-25)40-3/h4-14,19H,15-18,20-21H2,1-3H3. The number of aromatic nitrogens is 4. The van der Waals surface area contributed by atoms with Crippen molar-refractivity contribution < 1.29 is 9.13 Å². The van der Waals surface area contributed by atoms with Crippen molar-refractivity contribution in [2.24, 2.45) is 0 Å². The number of ether oxygens (including phenoxy) is 1. The molecule has 1 saturated heterocycles. The molecular weight excluding hydrogens is 503 g/mol. The predicted octanol–water partition coefficient (Wildman–Crippen LogP) is 5.49. The van der Waals surface area contributed by atoms with Gasteiger partial charge >= 0.3 is 0 Å². The number of halogens is 1. The summed E-state index contributed by atoms with van der Waals surface area (Å²) in [7, 11) is 1.70. The fourth-order valence-electron chi connectivity index (χ4n) is 5.31. The molecule has 0 spiro atoms. The van der Waals surface area contributed by atoms with Crippen LogP contribution in [0.5, 0.6) is 5.75 Å². The highest BCUT2D eigenvalue weighted by Gasteiger charge is 2.25. The average Bonchev–Trinajstić information content (AvgIpc) is 3.31. The van der Waals surface area contributed by atoms with Crippen molar-refractivity contribution in [1.82, 2.24) is 24.6 Å². The number of piperazine rings is 1. The third-order valence-corrected chi connectivity index (χ3v) is 7.50. The maximum atomic E-state index is 13.7. The molecule has 6 rings (SSSR count). The molecule has 2 aromatic heterocycles. The van der Waals surface area contributed by atoms with Crippen LogP contribution in [0.1, 0.15) is 28.2 Å². The highest BCUT2D eigenvalue weighted by atomic mass is 19.1. The second-order valence-corrected chi connectivity index (χ2v) is 10.4. The molecule has 0 bridgehead atoms. The zero-order chi connectivity index (χ0) is 27.6. The third-order valence-electron chi connectivity index (χ3n) is 7.50. The van der Waals surface area contributed by atoms with Crippen molar-refractivity contribution in [1.29, 1.82) is 0 Å². The lowest BCUT2D eigenvalue weighted by atomic mass is 10.1. The molecule has 3 heterocycles. The van der Waals surface area contributed by atoms with Crippen LogP contribution in [-0.2, 0) is 13.0 Å². The van der Waals surface area contributed by atoms with Gasteiger partial charge in [0.2, 0.25) is 0 Å². The molecule has 7 nitrogen and oxygen atoms in total. The quantitative estimate of drug-likeness (QED) is 0.274. The number of aryl methyl sites for hydroxylation is 2. The van der Waals surface area contributed by atoms with E-state index >= 15 is 0 Å². The Hall–Kier alpha value is -4.30. The Morgan fingerprint density at radius 3 is 2.33 bits per heavy atom. The van der Waals surface area contributed by atoms with Gasteiger partial charge in [0.1, 0.15) is 23.2 Å². The van der Waals surface area contributed by atoms with Gasteiger partial charge < -0.3 is 9.64 Å². The van der Waals surface area contributed by atoms with Crippen molar-refractivity contribution in [2.75, 3.05) is 38.2 Å². The van der Waals surface area contributed by atoms with Crippen LogP contribution in [0.2, 0.25) is 0 Å². The van der Waals surface area contributed by atoms with Crippen molar-refractivity contribution in [3.8, 4) is 11.4 Å². The number of fused-ring (bicyclic) bond motifs is 1. The fraction of sp³-hybridized carbons (Fsp3) is 0.281. The molecule has 0 radical (unpaired) electrons. The van der Waals surface area contributed by atoms with Gasteiger partial charge in [0.05, 0.1) is 23.9 Å². The molecule has 0 saturated carbocycles. The molecule has 1 aliphatic rings. The van der Waals surface area contributed by atoms with Gasteiger partial charge in [0.15, 0.2) is 5.65 Å². The predicted molar refractivity (Wildman–Crippen MR) is 156 cm³/mol. The van der Waals surface area contributed by atoms with E-state index in [2.05, 4.69) is 53.1 Å². The lowest BCUT2D eigenvalue weighted by molar-refractivity contribution is 0.249. The molecule has 1 aliphatic heterocycles. The van der Waals surface area contributed by atoms with Crippen LogP contribution >= 0.6 is 0 Å². The molecule has 3 aromatic carbocycles. The maximum absolute atomic E-state index is 13.7. The van der Waals surface area contributed by atoms with E-state index < -0.39 is 0 Å². The van der Waals surface area contributed by atoms with Gasteiger partial charge in [-0.2, -0.15) is 5.10 Å². The lowest BCUT2D eigenvalue weighted by Gasteiger charge is -2.35. The number of hydrogen-bond acceptors (Lipinski definition) is 6. The number of hydrogen-bond donors (Lipinski definition) is 0. The van der Waals surface area contributed by atoms with Gasteiger partial charge in [-0.25, -0.2) is 19.0 Å². The SMILES string of the molecule is COc1cccc(CN2CCN(c3nc(Cc4ccc(C)cc4)nc4c3c(C)nn4-c3ccc(F)cc3)CC2)c1. The van der Waals surface area contributed by atoms with Crippen molar-refractivity contribution in [3.05, 3.63) is 107 Å². The molecule has 0 aliphatic carbocycles. The lowest BCUT2D eigenvalue weighted by Crippen LogP contribution is -2.46. The summed E-state index contributed by atoms with van der Waals surface area (Å²) in [6.45, 7) is 8.49. The zero-order valence-electron chi connectivity index (χ0n) is 23.1. The number of benzene rings is 3. The van der Waals surface area contributed by atoms with E-state index in [4.69, 9.17) is 19.8 Å². The summed E-state index contributed by atoms with van der Waals surface area (Å²) in [6.07, 6.45) is 0.618. The molecule has 40 heavy (non-hydrogen) atoms. The van der Waals surface area contributed by atoms with Crippen LogP contribution in [0.15, 0.2) is 72.8 Å². The Labute approximate surface area is 233 Å². The summed E-state index contributed by atoms with van der Waals surface area (Å²) in [4.78, 5) is 14.9. The Morgan fingerprint density at radius 2 is 1.60 bits per heavy atom. The van der Waals surface area contributed by atoms with Crippen LogP contribution in [0.25, 0.3) is 16.7 Å². The topological polar surface area (TPSA) is 59.3 Å². The van der Waals surface area contributed by atoms with E-state index in [0.29, 0.717) is 6.42 Å². The molecule has 5 aromatic rings. The first-order valence-electron chi connectivity index (χ1n) is 13.6. The minimum Gasteiger partial charge on any atom is -0.497 e. The van der Waals surface area contributed by atoms with E-state index in [-0.39, 0.29) is 5.82 Å². The molecule has 8 heteroatoms. The molecule has 0 N–H and O–H groups in total. The summed E-state index contributed by atoms with van der Waals surface area (Å²) < 4.78 is 20.9. The summed E-state index contributed by atoms with van der Waals surface area (Å²) >= 11 is 0. The Bertz CT molecular complexity index is 1620. The van der Waals surface area contributed by atoms with E-state index in [1.54, 1.807) is 19.2 Å². The van der Waals surface area contributed by atoms with Crippen LogP contribution in [0.4, 0.5) is 10.2 Å². The first-order chi connectivity index (χ1) is 19.5. The van der Waals surface area contributed by atoms with E-state index in [1.807, 2.05) is 23.7 Å². The molecule has 0 amide bonds. The smallest absolute Gasteiger partial charge is 0.169 e. The van der Waals surface area contributed by atoms with Crippen molar-refractivity contribution in [3.63, 3.8) is 0 Å². The molecule has 1 fully saturated rings. The van der Waals surface area contributed by atoms with Gasteiger partial charge in [-0.1, -0.05) is 42.0 Å². The maximum Gasteiger partial charge on any atom is 0.169 e. The molecule has 204 valence electrons. The van der Waals surface area contributed by atoms with Gasteiger partial charge in [0.25, 0.3) is 0 Å². The average molecular weight is 537 g/mol. The fourth-order valence-corrected chi connectivity index (χ4v) is 5.31. The summed E-state index contributed by atoms with van der Waals surface area (Å²) in [5.74, 6) is 2.26. The third kappa shape index (κ3) is 5.40. The summed E-state index contributed by atoms with van der Waals surface area (Å²) in [5.41, 5.74) is 5.99.